The molecule has 0 aliphatic heterocycles. The lowest BCUT2D eigenvalue weighted by atomic mass is 10.3. The lowest BCUT2D eigenvalue weighted by Crippen LogP contribution is -2.26. The molecule has 1 aromatic rings. The first-order chi connectivity index (χ1) is 8.19. The average molecular weight is 252 g/mol. The molecule has 0 spiro atoms. The van der Waals surface area contributed by atoms with Gasteiger partial charge >= 0.3 is 0 Å². The number of hydrogen-bond acceptors (Lipinski definition) is 4. The largest absolute Gasteiger partial charge is 0.496 e. The van der Waals surface area contributed by atoms with E-state index >= 15 is 0 Å². The van der Waals surface area contributed by atoms with Gasteiger partial charge in [-0.1, -0.05) is 0 Å². The summed E-state index contributed by atoms with van der Waals surface area (Å²) < 4.78 is 5.22. The Morgan fingerprint density at radius 2 is 2.35 bits per heavy atom. The van der Waals surface area contributed by atoms with Crippen LogP contribution >= 0.6 is 11.8 Å². The van der Waals surface area contributed by atoms with Crippen molar-refractivity contribution < 1.29 is 9.53 Å². The molecule has 1 amide bonds. The molecule has 3 N–H and O–H groups in total. The molecule has 0 bridgehead atoms. The van der Waals surface area contributed by atoms with Crippen molar-refractivity contribution in [3.05, 3.63) is 18.2 Å². The zero-order valence-electron chi connectivity index (χ0n) is 9.73. The standard InChI is InChI=1S/C12H16N2O2S/c1-16-10-6-8(13)2-5-11(10)17-7-12(15)14-9-3-4-9/h2,5-6,9H,3-4,7,13H2,1H3,(H,14,15). The SMILES string of the molecule is COc1cc(N)ccc1SCC(=O)NC1CC1. The van der Waals surface area contributed by atoms with Crippen LogP contribution in [0.5, 0.6) is 5.75 Å². The fraction of sp³-hybridized carbons (Fsp3) is 0.417. The van der Waals surface area contributed by atoms with Crippen molar-refractivity contribution in [3.63, 3.8) is 0 Å². The lowest BCUT2D eigenvalue weighted by Gasteiger charge is -2.08. The molecular formula is C12H16N2O2S. The van der Waals surface area contributed by atoms with Crippen LogP contribution in [0.4, 0.5) is 5.69 Å². The molecule has 1 aliphatic rings. The summed E-state index contributed by atoms with van der Waals surface area (Å²) in [5.74, 6) is 1.21. The second kappa shape index (κ2) is 5.31. The van der Waals surface area contributed by atoms with E-state index in [-0.39, 0.29) is 5.91 Å². The molecule has 0 heterocycles. The number of nitrogens with two attached hydrogens (primary N) is 1. The third-order valence-electron chi connectivity index (χ3n) is 2.49. The molecule has 1 fully saturated rings. The van der Waals surface area contributed by atoms with Crippen LogP contribution in [-0.2, 0) is 4.79 Å². The van der Waals surface area contributed by atoms with Crippen molar-refractivity contribution in [3.8, 4) is 5.75 Å². The van der Waals surface area contributed by atoms with Crippen molar-refractivity contribution in [2.75, 3.05) is 18.6 Å². The zero-order valence-corrected chi connectivity index (χ0v) is 10.5. The van der Waals surface area contributed by atoms with E-state index in [1.54, 1.807) is 13.2 Å². The molecular weight excluding hydrogens is 236 g/mol. The van der Waals surface area contributed by atoms with Gasteiger partial charge in [-0.3, -0.25) is 4.79 Å². The second-order valence-electron chi connectivity index (χ2n) is 4.04. The van der Waals surface area contributed by atoms with E-state index in [0.717, 1.165) is 17.7 Å². The van der Waals surface area contributed by atoms with Crippen LogP contribution in [0.15, 0.2) is 23.1 Å². The molecule has 92 valence electrons. The summed E-state index contributed by atoms with van der Waals surface area (Å²) in [5, 5.41) is 2.95. The number of thioether (sulfide) groups is 1. The van der Waals surface area contributed by atoms with E-state index in [4.69, 9.17) is 10.5 Å². The molecule has 5 heteroatoms. The van der Waals surface area contributed by atoms with Gasteiger partial charge in [0, 0.05) is 22.7 Å². The first kappa shape index (κ1) is 12.1. The number of benzene rings is 1. The number of ether oxygens (including phenoxy) is 1. The van der Waals surface area contributed by atoms with Gasteiger partial charge in [-0.2, -0.15) is 0 Å². The Labute approximate surface area is 105 Å². The Kier molecular flexibility index (Phi) is 3.78. The highest BCUT2D eigenvalue weighted by Crippen LogP contribution is 2.31. The molecule has 0 aromatic heterocycles. The fourth-order valence-corrected chi connectivity index (χ4v) is 2.26. The van der Waals surface area contributed by atoms with Crippen molar-refractivity contribution in [1.82, 2.24) is 5.32 Å². The van der Waals surface area contributed by atoms with E-state index in [1.807, 2.05) is 12.1 Å². The van der Waals surface area contributed by atoms with E-state index in [2.05, 4.69) is 5.32 Å². The van der Waals surface area contributed by atoms with Crippen molar-refractivity contribution in [1.29, 1.82) is 0 Å². The van der Waals surface area contributed by atoms with Gasteiger partial charge in [0.1, 0.15) is 5.75 Å². The Morgan fingerprint density at radius 1 is 1.59 bits per heavy atom. The topological polar surface area (TPSA) is 64.3 Å². The molecule has 17 heavy (non-hydrogen) atoms. The number of anilines is 1. The lowest BCUT2D eigenvalue weighted by molar-refractivity contribution is -0.118. The van der Waals surface area contributed by atoms with Crippen LogP contribution in [0, 0.1) is 0 Å². The summed E-state index contributed by atoms with van der Waals surface area (Å²) in [6, 6.07) is 5.87. The third kappa shape index (κ3) is 3.56. The third-order valence-corrected chi connectivity index (χ3v) is 3.54. The highest BCUT2D eigenvalue weighted by molar-refractivity contribution is 8.00. The molecule has 2 rings (SSSR count). The van der Waals surface area contributed by atoms with Crippen LogP contribution in [0.1, 0.15) is 12.8 Å². The maximum Gasteiger partial charge on any atom is 0.230 e. The number of rotatable bonds is 5. The monoisotopic (exact) mass is 252 g/mol. The van der Waals surface area contributed by atoms with Crippen LogP contribution in [0.3, 0.4) is 0 Å². The molecule has 0 radical (unpaired) electrons. The van der Waals surface area contributed by atoms with Crippen molar-refractivity contribution in [2.45, 2.75) is 23.8 Å². The molecule has 1 aliphatic carbocycles. The number of carbonyl (C=O) groups excluding carboxylic acids is 1. The van der Waals surface area contributed by atoms with Crippen LogP contribution in [-0.4, -0.2) is 24.8 Å². The number of nitrogen functional groups attached to an aromatic ring is 1. The smallest absolute Gasteiger partial charge is 0.230 e. The highest BCUT2D eigenvalue weighted by Gasteiger charge is 2.23. The Bertz CT molecular complexity index is 419. The molecule has 0 saturated heterocycles. The molecule has 4 nitrogen and oxygen atoms in total. The van der Waals surface area contributed by atoms with Crippen molar-refractivity contribution >= 4 is 23.4 Å². The summed E-state index contributed by atoms with van der Waals surface area (Å²) in [5.41, 5.74) is 6.33. The first-order valence-corrected chi connectivity index (χ1v) is 6.53. The summed E-state index contributed by atoms with van der Waals surface area (Å²) >= 11 is 1.47. The number of nitrogens with one attached hydrogen (secondary N) is 1. The number of carbonyl (C=O) groups is 1. The summed E-state index contributed by atoms with van der Waals surface area (Å²) in [7, 11) is 1.60. The second-order valence-corrected chi connectivity index (χ2v) is 5.06. The number of methoxy groups -OCH3 is 1. The first-order valence-electron chi connectivity index (χ1n) is 5.54. The predicted octanol–water partition coefficient (Wildman–Crippen LogP) is 1.65. The minimum Gasteiger partial charge on any atom is -0.496 e. The van der Waals surface area contributed by atoms with Gasteiger partial charge in [0.15, 0.2) is 0 Å². The van der Waals surface area contributed by atoms with Gasteiger partial charge in [0.05, 0.1) is 12.9 Å². The van der Waals surface area contributed by atoms with Gasteiger partial charge in [0.2, 0.25) is 5.91 Å². The number of hydrogen-bond donors (Lipinski definition) is 2. The fourth-order valence-electron chi connectivity index (χ4n) is 1.44. The number of amides is 1. The summed E-state index contributed by atoms with van der Waals surface area (Å²) in [6.45, 7) is 0. The average Bonchev–Trinajstić information content (AvgIpc) is 3.11. The van der Waals surface area contributed by atoms with E-state index in [0.29, 0.717) is 23.2 Å². The van der Waals surface area contributed by atoms with Crippen LogP contribution < -0.4 is 15.8 Å². The molecule has 0 atom stereocenters. The normalized spacial score (nSPS) is 14.4. The van der Waals surface area contributed by atoms with Crippen LogP contribution in [0.25, 0.3) is 0 Å². The van der Waals surface area contributed by atoms with E-state index < -0.39 is 0 Å². The predicted molar refractivity (Wildman–Crippen MR) is 69.3 cm³/mol. The van der Waals surface area contributed by atoms with Gasteiger partial charge in [-0.15, -0.1) is 11.8 Å². The minimum absolute atomic E-state index is 0.0800. The summed E-state index contributed by atoms with van der Waals surface area (Å²) in [6.07, 6.45) is 2.23. The Hall–Kier alpha value is -1.36. The minimum atomic E-state index is 0.0800. The van der Waals surface area contributed by atoms with Crippen molar-refractivity contribution in [2.24, 2.45) is 0 Å². The molecule has 0 unspecified atom stereocenters. The molecule has 1 saturated carbocycles. The van der Waals surface area contributed by atoms with Gasteiger partial charge in [-0.05, 0) is 25.0 Å². The zero-order chi connectivity index (χ0) is 12.3. The van der Waals surface area contributed by atoms with Crippen LogP contribution in [0.2, 0.25) is 0 Å². The quantitative estimate of drug-likeness (QED) is 0.618. The van der Waals surface area contributed by atoms with E-state index in [1.165, 1.54) is 11.8 Å². The maximum absolute atomic E-state index is 11.5. The van der Waals surface area contributed by atoms with Gasteiger partial charge < -0.3 is 15.8 Å². The van der Waals surface area contributed by atoms with Gasteiger partial charge in [0.25, 0.3) is 0 Å². The Balaban J connectivity index is 1.90. The maximum atomic E-state index is 11.5. The van der Waals surface area contributed by atoms with Gasteiger partial charge in [-0.25, -0.2) is 0 Å². The summed E-state index contributed by atoms with van der Waals surface area (Å²) in [4.78, 5) is 12.5. The Morgan fingerprint density at radius 3 is 3.00 bits per heavy atom. The van der Waals surface area contributed by atoms with E-state index in [9.17, 15) is 4.79 Å². The highest BCUT2D eigenvalue weighted by atomic mass is 32.2. The molecule has 1 aromatic carbocycles.